The zero-order chi connectivity index (χ0) is 19.8. The summed E-state index contributed by atoms with van der Waals surface area (Å²) < 4.78 is 5.28. The first-order chi connectivity index (χ1) is 12.9. The highest BCUT2D eigenvalue weighted by Gasteiger charge is 2.14. The molecule has 0 unspecified atom stereocenters. The van der Waals surface area contributed by atoms with Crippen LogP contribution < -0.4 is 5.32 Å². The largest absolute Gasteiger partial charge is 0.355 e. The number of carbonyl (C=O) groups excluding carboxylic acids is 1. The van der Waals surface area contributed by atoms with Gasteiger partial charge in [-0.05, 0) is 39.7 Å². The Bertz CT molecular complexity index is 699. The number of aromatic nitrogens is 2. The maximum absolute atomic E-state index is 12.1. The highest BCUT2D eigenvalue weighted by atomic mass is 16.5. The molecule has 6 heteroatoms. The lowest BCUT2D eigenvalue weighted by Gasteiger charge is -2.30. The van der Waals surface area contributed by atoms with E-state index in [-0.39, 0.29) is 5.91 Å². The molecule has 0 radical (unpaired) electrons. The van der Waals surface area contributed by atoms with Crippen molar-refractivity contribution in [3.63, 3.8) is 0 Å². The molecule has 0 saturated heterocycles. The highest BCUT2D eigenvalue weighted by molar-refractivity contribution is 5.76. The summed E-state index contributed by atoms with van der Waals surface area (Å²) in [5, 5.41) is 6.99. The van der Waals surface area contributed by atoms with E-state index < -0.39 is 0 Å². The molecule has 148 valence electrons. The Morgan fingerprint density at radius 2 is 1.81 bits per heavy atom. The van der Waals surface area contributed by atoms with Gasteiger partial charge in [-0.25, -0.2) is 0 Å². The van der Waals surface area contributed by atoms with Gasteiger partial charge in [0.05, 0.1) is 0 Å². The predicted molar refractivity (Wildman–Crippen MR) is 107 cm³/mol. The number of hydrogen-bond acceptors (Lipinski definition) is 5. The molecule has 1 amide bonds. The molecule has 1 aromatic heterocycles. The van der Waals surface area contributed by atoms with Crippen LogP contribution in [0.25, 0.3) is 11.4 Å². The van der Waals surface area contributed by atoms with Crippen molar-refractivity contribution in [2.75, 3.05) is 13.1 Å². The summed E-state index contributed by atoms with van der Waals surface area (Å²) in [4.78, 5) is 18.8. The number of hydrogen-bond donors (Lipinski definition) is 1. The summed E-state index contributed by atoms with van der Waals surface area (Å²) in [6.45, 7) is 12.3. The second-order valence-corrected chi connectivity index (χ2v) is 7.34. The second-order valence-electron chi connectivity index (χ2n) is 7.34. The van der Waals surface area contributed by atoms with Crippen molar-refractivity contribution in [1.82, 2.24) is 20.4 Å². The van der Waals surface area contributed by atoms with Crippen LogP contribution in [0.1, 0.15) is 52.5 Å². The topological polar surface area (TPSA) is 71.3 Å². The van der Waals surface area contributed by atoms with Gasteiger partial charge < -0.3 is 9.84 Å². The summed E-state index contributed by atoms with van der Waals surface area (Å²) in [7, 11) is 0. The Morgan fingerprint density at radius 1 is 1.15 bits per heavy atom. The molecule has 2 rings (SSSR count). The molecular formula is C21H32N4O2. The number of benzene rings is 1. The molecule has 1 heterocycles. The lowest BCUT2D eigenvalue weighted by Crippen LogP contribution is -2.42. The third kappa shape index (κ3) is 6.47. The molecule has 0 saturated carbocycles. The van der Waals surface area contributed by atoms with E-state index in [0.717, 1.165) is 18.5 Å². The van der Waals surface area contributed by atoms with Gasteiger partial charge in [-0.1, -0.05) is 36.3 Å². The fraction of sp³-hybridized carbons (Fsp3) is 0.571. The van der Waals surface area contributed by atoms with Gasteiger partial charge in [0.1, 0.15) is 0 Å². The summed E-state index contributed by atoms with van der Waals surface area (Å²) in [6.07, 6.45) is 1.79. The van der Waals surface area contributed by atoms with E-state index in [4.69, 9.17) is 4.52 Å². The van der Waals surface area contributed by atoms with Gasteiger partial charge >= 0.3 is 0 Å². The minimum absolute atomic E-state index is 0.00881. The van der Waals surface area contributed by atoms with Crippen molar-refractivity contribution in [2.24, 2.45) is 0 Å². The molecule has 0 bridgehead atoms. The van der Waals surface area contributed by atoms with Crippen LogP contribution in [0.4, 0.5) is 0 Å². The standard InChI is InChI=1S/C21H32N4O2/c1-6-17-7-9-18(10-8-17)21-23-20(27-24-21)12-11-19(26)22-13-14-25(15(2)3)16(4)5/h7-10,15-16H,6,11-14H2,1-5H3,(H,22,26). The highest BCUT2D eigenvalue weighted by Crippen LogP contribution is 2.17. The predicted octanol–water partition coefficient (Wildman–Crippen LogP) is 3.47. The zero-order valence-corrected chi connectivity index (χ0v) is 17.2. The monoisotopic (exact) mass is 372 g/mol. The van der Waals surface area contributed by atoms with E-state index in [0.29, 0.717) is 43.2 Å². The van der Waals surface area contributed by atoms with Gasteiger partial charge in [-0.3, -0.25) is 9.69 Å². The zero-order valence-electron chi connectivity index (χ0n) is 17.2. The normalized spacial score (nSPS) is 11.6. The maximum atomic E-state index is 12.1. The third-order valence-electron chi connectivity index (χ3n) is 4.67. The Labute approximate surface area is 162 Å². The fourth-order valence-corrected chi connectivity index (χ4v) is 3.11. The number of rotatable bonds is 10. The van der Waals surface area contributed by atoms with Gasteiger partial charge in [0.15, 0.2) is 0 Å². The summed E-state index contributed by atoms with van der Waals surface area (Å²) in [5.41, 5.74) is 2.20. The van der Waals surface area contributed by atoms with E-state index in [1.807, 2.05) is 12.1 Å². The van der Waals surface area contributed by atoms with Crippen molar-refractivity contribution in [2.45, 2.75) is 66.0 Å². The Balaban J connectivity index is 1.78. The van der Waals surface area contributed by atoms with Crippen LogP contribution in [0.5, 0.6) is 0 Å². The van der Waals surface area contributed by atoms with Crippen LogP contribution in [0.3, 0.4) is 0 Å². The molecule has 0 aliphatic rings. The molecule has 1 N–H and O–H groups in total. The summed E-state index contributed by atoms with van der Waals surface area (Å²) in [6, 6.07) is 9.05. The summed E-state index contributed by atoms with van der Waals surface area (Å²) in [5.74, 6) is 1.07. The van der Waals surface area contributed by atoms with Crippen LogP contribution in [0.15, 0.2) is 28.8 Å². The first kappa shape index (κ1) is 21.1. The van der Waals surface area contributed by atoms with Gasteiger partial charge in [0, 0.05) is 43.6 Å². The van der Waals surface area contributed by atoms with Crippen molar-refractivity contribution in [3.8, 4) is 11.4 Å². The third-order valence-corrected chi connectivity index (χ3v) is 4.67. The summed E-state index contributed by atoms with van der Waals surface area (Å²) >= 11 is 0. The minimum atomic E-state index is 0.00881. The lowest BCUT2D eigenvalue weighted by atomic mass is 10.1. The minimum Gasteiger partial charge on any atom is -0.355 e. The molecule has 0 atom stereocenters. The van der Waals surface area contributed by atoms with Crippen LogP contribution in [0.2, 0.25) is 0 Å². The smallest absolute Gasteiger partial charge is 0.227 e. The molecule has 6 nitrogen and oxygen atoms in total. The first-order valence-corrected chi connectivity index (χ1v) is 9.85. The number of aryl methyl sites for hydroxylation is 2. The van der Waals surface area contributed by atoms with Crippen LogP contribution in [-0.4, -0.2) is 46.1 Å². The number of nitrogens with zero attached hydrogens (tertiary/aromatic N) is 3. The van der Waals surface area contributed by atoms with E-state index >= 15 is 0 Å². The fourth-order valence-electron chi connectivity index (χ4n) is 3.11. The van der Waals surface area contributed by atoms with Crippen LogP contribution in [-0.2, 0) is 17.6 Å². The first-order valence-electron chi connectivity index (χ1n) is 9.85. The van der Waals surface area contributed by atoms with E-state index in [9.17, 15) is 4.79 Å². The SMILES string of the molecule is CCc1ccc(-c2noc(CCC(=O)NCCN(C(C)C)C(C)C)n2)cc1. The van der Waals surface area contributed by atoms with Crippen LogP contribution >= 0.6 is 0 Å². The molecule has 27 heavy (non-hydrogen) atoms. The lowest BCUT2D eigenvalue weighted by molar-refractivity contribution is -0.121. The number of nitrogens with one attached hydrogen (secondary N) is 1. The van der Waals surface area contributed by atoms with Gasteiger partial charge in [0.25, 0.3) is 0 Å². The van der Waals surface area contributed by atoms with Crippen LogP contribution in [0, 0.1) is 0 Å². The van der Waals surface area contributed by atoms with Crippen molar-refractivity contribution in [1.29, 1.82) is 0 Å². The maximum Gasteiger partial charge on any atom is 0.227 e. The van der Waals surface area contributed by atoms with Gasteiger partial charge in [-0.15, -0.1) is 0 Å². The quantitative estimate of drug-likeness (QED) is 0.691. The van der Waals surface area contributed by atoms with Gasteiger partial charge in [0.2, 0.25) is 17.6 Å². The van der Waals surface area contributed by atoms with E-state index in [1.165, 1.54) is 5.56 Å². The van der Waals surface area contributed by atoms with Crippen molar-refractivity contribution in [3.05, 3.63) is 35.7 Å². The molecule has 1 aromatic carbocycles. The molecule has 0 aliphatic heterocycles. The number of amides is 1. The van der Waals surface area contributed by atoms with Crippen molar-refractivity contribution >= 4 is 5.91 Å². The molecule has 2 aromatic rings. The Morgan fingerprint density at radius 3 is 2.41 bits per heavy atom. The van der Waals surface area contributed by atoms with E-state index in [2.05, 4.69) is 67.1 Å². The van der Waals surface area contributed by atoms with Gasteiger partial charge in [-0.2, -0.15) is 4.98 Å². The Hall–Kier alpha value is -2.21. The molecule has 0 spiro atoms. The number of carbonyl (C=O) groups is 1. The van der Waals surface area contributed by atoms with E-state index in [1.54, 1.807) is 0 Å². The molecule has 0 aliphatic carbocycles. The molecular weight excluding hydrogens is 340 g/mol. The Kier molecular flexibility index (Phi) is 7.98. The van der Waals surface area contributed by atoms with Crippen molar-refractivity contribution < 1.29 is 9.32 Å². The average molecular weight is 373 g/mol. The second kappa shape index (κ2) is 10.2. The average Bonchev–Trinajstić information content (AvgIpc) is 3.12. The molecule has 0 fully saturated rings.